The summed E-state index contributed by atoms with van der Waals surface area (Å²) in [5.41, 5.74) is -0.349. The predicted molar refractivity (Wildman–Crippen MR) is 84.1 cm³/mol. The van der Waals surface area contributed by atoms with Gasteiger partial charge in [-0.1, -0.05) is 37.0 Å². The van der Waals surface area contributed by atoms with Crippen molar-refractivity contribution in [2.45, 2.75) is 39.4 Å². The Labute approximate surface area is 122 Å². The molecule has 0 amide bonds. The largest absolute Gasteiger partial charge is 0.465 e. The van der Waals surface area contributed by atoms with Gasteiger partial charge in [-0.15, -0.1) is 6.58 Å². The lowest BCUT2D eigenvalue weighted by atomic mass is 9.80. The second-order valence-corrected chi connectivity index (χ2v) is 11.3. The molecule has 110 valence electrons. The first-order valence-corrected chi connectivity index (χ1v) is 10.4. The maximum atomic E-state index is 11.8. The van der Waals surface area contributed by atoms with Crippen molar-refractivity contribution in [3.8, 4) is 0 Å². The topological polar surface area (TPSA) is 43.4 Å². The van der Waals surface area contributed by atoms with E-state index in [1.54, 1.807) is 12.2 Å². The van der Waals surface area contributed by atoms with Gasteiger partial charge in [-0.25, -0.2) is 0 Å². The van der Waals surface area contributed by atoms with Gasteiger partial charge in [-0.05, 0) is 25.0 Å². The van der Waals surface area contributed by atoms with E-state index in [1.165, 1.54) is 6.92 Å². The van der Waals surface area contributed by atoms with Gasteiger partial charge in [-0.2, -0.15) is 0 Å². The lowest BCUT2D eigenvalue weighted by molar-refractivity contribution is -0.143. The lowest BCUT2D eigenvalue weighted by Gasteiger charge is -2.40. The molecule has 0 aromatic heterocycles. The fraction of sp³-hybridized carbons (Fsp3) is 0.500. The van der Waals surface area contributed by atoms with E-state index < -0.39 is 8.07 Å². The monoisotopic (exact) mass is 292 g/mol. The third kappa shape index (κ3) is 4.03. The summed E-state index contributed by atoms with van der Waals surface area (Å²) in [6, 6.07) is 0. The highest BCUT2D eigenvalue weighted by Crippen LogP contribution is 2.42. The van der Waals surface area contributed by atoms with Gasteiger partial charge >= 0.3 is 5.97 Å². The highest BCUT2D eigenvalue weighted by molar-refractivity contribution is 6.83. The van der Waals surface area contributed by atoms with Crippen LogP contribution in [0.2, 0.25) is 19.6 Å². The highest BCUT2D eigenvalue weighted by atomic mass is 28.3. The molecule has 1 aliphatic rings. The molecule has 0 fully saturated rings. The van der Waals surface area contributed by atoms with E-state index in [0.717, 1.165) is 18.0 Å². The van der Waals surface area contributed by atoms with Gasteiger partial charge in [0.1, 0.15) is 6.61 Å². The molecular weight excluding hydrogens is 268 g/mol. The first-order chi connectivity index (χ1) is 9.21. The van der Waals surface area contributed by atoms with E-state index >= 15 is 0 Å². The molecule has 0 bridgehead atoms. The minimum Gasteiger partial charge on any atom is -0.465 e. The number of esters is 1. The van der Waals surface area contributed by atoms with Gasteiger partial charge in [0.05, 0.1) is 8.07 Å². The number of rotatable bonds is 6. The Kier molecular flexibility index (Phi) is 5.28. The fourth-order valence-corrected chi connectivity index (χ4v) is 4.98. The summed E-state index contributed by atoms with van der Waals surface area (Å²) in [7, 11) is -1.69. The standard InChI is InChI=1S/C16H24O3Si/c1-6-7-9-16(12-19-13(2)17)10-8-14(18)11-15(16)20(3,4)5/h6,8,10-11H,1,7,9,12H2,2-5H3. The van der Waals surface area contributed by atoms with Crippen LogP contribution in [0.15, 0.2) is 36.1 Å². The number of allylic oxidation sites excluding steroid dienone is 3. The molecule has 1 unspecified atom stereocenters. The van der Waals surface area contributed by atoms with Crippen LogP contribution in [0.4, 0.5) is 0 Å². The van der Waals surface area contributed by atoms with Gasteiger partial charge in [0, 0.05) is 12.3 Å². The average molecular weight is 292 g/mol. The van der Waals surface area contributed by atoms with Crippen molar-refractivity contribution in [2.75, 3.05) is 6.61 Å². The Hall–Kier alpha value is -1.42. The van der Waals surface area contributed by atoms with E-state index in [2.05, 4.69) is 26.2 Å². The molecule has 1 rings (SSSR count). The number of ketones is 1. The molecule has 0 aliphatic heterocycles. The zero-order valence-electron chi connectivity index (χ0n) is 12.9. The minimum atomic E-state index is -1.69. The molecular formula is C16H24O3Si. The van der Waals surface area contributed by atoms with Crippen LogP contribution >= 0.6 is 0 Å². The van der Waals surface area contributed by atoms with E-state index in [4.69, 9.17) is 4.74 Å². The van der Waals surface area contributed by atoms with Crippen molar-refractivity contribution in [1.29, 1.82) is 0 Å². The minimum absolute atomic E-state index is 0.0273. The molecule has 0 saturated heterocycles. The van der Waals surface area contributed by atoms with Crippen LogP contribution in [0.5, 0.6) is 0 Å². The number of hydrogen-bond acceptors (Lipinski definition) is 3. The SMILES string of the molecule is C=CCCC1(COC(C)=O)C=CC(=O)C=C1[Si](C)(C)C. The van der Waals surface area contributed by atoms with E-state index in [9.17, 15) is 9.59 Å². The molecule has 4 heteroatoms. The number of carbonyl (C=O) groups is 2. The Morgan fingerprint density at radius 3 is 2.60 bits per heavy atom. The summed E-state index contributed by atoms with van der Waals surface area (Å²) in [6.45, 7) is 12.1. The van der Waals surface area contributed by atoms with Crippen LogP contribution in [0.1, 0.15) is 19.8 Å². The second kappa shape index (κ2) is 6.35. The molecule has 0 heterocycles. The van der Waals surface area contributed by atoms with Gasteiger partial charge in [0.15, 0.2) is 5.78 Å². The summed E-state index contributed by atoms with van der Waals surface area (Å²) >= 11 is 0. The molecule has 0 N–H and O–H groups in total. The molecule has 0 spiro atoms. The van der Waals surface area contributed by atoms with Crippen LogP contribution < -0.4 is 0 Å². The van der Waals surface area contributed by atoms with Crippen molar-refractivity contribution >= 4 is 19.8 Å². The zero-order chi connectivity index (χ0) is 15.4. The van der Waals surface area contributed by atoms with Gasteiger partial charge in [0.25, 0.3) is 0 Å². The first-order valence-electron chi connectivity index (χ1n) is 6.91. The van der Waals surface area contributed by atoms with Crippen molar-refractivity contribution in [3.63, 3.8) is 0 Å². The summed E-state index contributed by atoms with van der Waals surface area (Å²) < 4.78 is 5.29. The molecule has 3 nitrogen and oxygen atoms in total. The van der Waals surface area contributed by atoms with E-state index in [0.29, 0.717) is 6.61 Å². The Balaban J connectivity index is 3.19. The van der Waals surface area contributed by atoms with E-state index in [-0.39, 0.29) is 17.2 Å². The van der Waals surface area contributed by atoms with Gasteiger partial charge in [-0.3, -0.25) is 9.59 Å². The maximum absolute atomic E-state index is 11.8. The quantitative estimate of drug-likeness (QED) is 0.428. The van der Waals surface area contributed by atoms with Crippen molar-refractivity contribution in [2.24, 2.45) is 5.41 Å². The second-order valence-electron chi connectivity index (χ2n) is 6.31. The first kappa shape index (κ1) is 16.6. The molecule has 0 aromatic carbocycles. The van der Waals surface area contributed by atoms with Crippen LogP contribution in [-0.4, -0.2) is 26.4 Å². The lowest BCUT2D eigenvalue weighted by Crippen LogP contribution is -2.41. The molecule has 0 aromatic rings. The predicted octanol–water partition coefficient (Wildman–Crippen LogP) is 3.44. The van der Waals surface area contributed by atoms with Crippen molar-refractivity contribution in [1.82, 2.24) is 0 Å². The molecule has 0 saturated carbocycles. The van der Waals surface area contributed by atoms with Crippen molar-refractivity contribution in [3.05, 3.63) is 36.1 Å². The van der Waals surface area contributed by atoms with Crippen LogP contribution in [0, 0.1) is 5.41 Å². The maximum Gasteiger partial charge on any atom is 0.302 e. The third-order valence-corrected chi connectivity index (χ3v) is 5.78. The van der Waals surface area contributed by atoms with Crippen LogP contribution in [0.3, 0.4) is 0 Å². The highest BCUT2D eigenvalue weighted by Gasteiger charge is 2.41. The summed E-state index contributed by atoms with van der Waals surface area (Å²) in [5, 5.41) is 1.15. The molecule has 1 aliphatic carbocycles. The van der Waals surface area contributed by atoms with Crippen LogP contribution in [0.25, 0.3) is 0 Å². The average Bonchev–Trinajstić information content (AvgIpc) is 2.35. The Bertz CT molecular complexity index is 469. The summed E-state index contributed by atoms with van der Waals surface area (Å²) in [6.07, 6.45) is 8.76. The number of ether oxygens (including phenoxy) is 1. The van der Waals surface area contributed by atoms with E-state index in [1.807, 2.05) is 12.2 Å². The molecule has 0 radical (unpaired) electrons. The molecule has 20 heavy (non-hydrogen) atoms. The zero-order valence-corrected chi connectivity index (χ0v) is 13.9. The van der Waals surface area contributed by atoms with Crippen molar-refractivity contribution < 1.29 is 14.3 Å². The summed E-state index contributed by atoms with van der Waals surface area (Å²) in [4.78, 5) is 22.9. The Morgan fingerprint density at radius 2 is 2.10 bits per heavy atom. The molecule has 1 atom stereocenters. The normalized spacial score (nSPS) is 22.4. The fourth-order valence-electron chi connectivity index (χ4n) is 2.63. The van der Waals surface area contributed by atoms with Gasteiger partial charge in [0.2, 0.25) is 0 Å². The smallest absolute Gasteiger partial charge is 0.302 e. The third-order valence-electron chi connectivity index (χ3n) is 3.53. The van der Waals surface area contributed by atoms with Gasteiger partial charge < -0.3 is 4.74 Å². The van der Waals surface area contributed by atoms with Crippen LogP contribution in [-0.2, 0) is 14.3 Å². The Morgan fingerprint density at radius 1 is 1.45 bits per heavy atom. The summed E-state index contributed by atoms with van der Waals surface area (Å²) in [5.74, 6) is -0.261. The number of hydrogen-bond donors (Lipinski definition) is 0. The number of carbonyl (C=O) groups excluding carboxylic acids is 2.